The van der Waals surface area contributed by atoms with Crippen molar-refractivity contribution in [2.24, 2.45) is 0 Å². The van der Waals surface area contributed by atoms with Crippen LogP contribution in [0.25, 0.3) is 0 Å². The number of benzene rings is 2. The van der Waals surface area contributed by atoms with Gasteiger partial charge in [-0.25, -0.2) is 8.78 Å². The summed E-state index contributed by atoms with van der Waals surface area (Å²) in [5.41, 5.74) is 1.24. The summed E-state index contributed by atoms with van der Waals surface area (Å²) < 4.78 is 27.3. The van der Waals surface area contributed by atoms with E-state index in [2.05, 4.69) is 0 Å². The number of aliphatic hydroxyl groups excluding tert-OH is 1. The minimum atomic E-state index is -1.09. The molecule has 1 unspecified atom stereocenters. The summed E-state index contributed by atoms with van der Waals surface area (Å²) in [6.07, 6.45) is -1.08. The number of aryl methyl sites for hydroxylation is 1. The van der Waals surface area contributed by atoms with Gasteiger partial charge in [-0.05, 0) is 36.2 Å². The lowest BCUT2D eigenvalue weighted by Crippen LogP contribution is -2.06. The van der Waals surface area contributed by atoms with E-state index >= 15 is 0 Å². The SMILES string of the molecule is Cc1ccc(C(O)Cc2ccc(Cl)cc2F)c(F)c1. The summed E-state index contributed by atoms with van der Waals surface area (Å²) in [7, 11) is 0. The third-order valence-electron chi connectivity index (χ3n) is 2.94. The molecule has 0 saturated heterocycles. The molecule has 0 aliphatic rings. The Morgan fingerprint density at radius 2 is 1.84 bits per heavy atom. The highest BCUT2D eigenvalue weighted by atomic mass is 35.5. The molecule has 1 atom stereocenters. The molecule has 0 aromatic heterocycles. The molecular formula is C15H13ClF2O. The van der Waals surface area contributed by atoms with Crippen LogP contribution in [0.5, 0.6) is 0 Å². The normalized spacial score (nSPS) is 12.5. The average molecular weight is 283 g/mol. The van der Waals surface area contributed by atoms with E-state index in [1.807, 2.05) is 0 Å². The molecule has 2 aromatic rings. The fourth-order valence-corrected chi connectivity index (χ4v) is 2.07. The lowest BCUT2D eigenvalue weighted by Gasteiger charge is -2.13. The van der Waals surface area contributed by atoms with E-state index in [1.165, 1.54) is 30.3 Å². The minimum Gasteiger partial charge on any atom is -0.388 e. The summed E-state index contributed by atoms with van der Waals surface area (Å²) in [6, 6.07) is 8.78. The van der Waals surface area contributed by atoms with Crippen molar-refractivity contribution < 1.29 is 13.9 Å². The molecule has 100 valence electrons. The first kappa shape index (κ1) is 14.0. The molecular weight excluding hydrogens is 270 g/mol. The first-order chi connectivity index (χ1) is 8.97. The Bertz CT molecular complexity index is 599. The summed E-state index contributed by atoms with van der Waals surface area (Å²) in [5, 5.41) is 10.3. The van der Waals surface area contributed by atoms with E-state index in [0.29, 0.717) is 5.56 Å². The molecule has 0 amide bonds. The van der Waals surface area contributed by atoms with Crippen LogP contribution in [0.2, 0.25) is 5.02 Å². The lowest BCUT2D eigenvalue weighted by atomic mass is 9.99. The standard InChI is InChI=1S/C15H13ClF2O/c1-9-2-5-12(14(18)6-9)15(19)7-10-3-4-11(16)8-13(10)17/h2-6,8,15,19H,7H2,1H3. The predicted octanol–water partition coefficient (Wildman–Crippen LogP) is 4.20. The smallest absolute Gasteiger partial charge is 0.129 e. The molecule has 19 heavy (non-hydrogen) atoms. The van der Waals surface area contributed by atoms with Gasteiger partial charge in [0, 0.05) is 17.0 Å². The van der Waals surface area contributed by atoms with Crippen molar-refractivity contribution in [3.8, 4) is 0 Å². The Morgan fingerprint density at radius 3 is 2.47 bits per heavy atom. The van der Waals surface area contributed by atoms with Crippen LogP contribution in [-0.4, -0.2) is 5.11 Å². The maximum Gasteiger partial charge on any atom is 0.129 e. The Hall–Kier alpha value is -1.45. The van der Waals surface area contributed by atoms with Crippen molar-refractivity contribution in [3.63, 3.8) is 0 Å². The maximum atomic E-state index is 13.7. The van der Waals surface area contributed by atoms with Crippen LogP contribution in [-0.2, 0) is 6.42 Å². The topological polar surface area (TPSA) is 20.2 Å². The number of aliphatic hydroxyl groups is 1. The molecule has 0 heterocycles. The molecule has 0 radical (unpaired) electrons. The van der Waals surface area contributed by atoms with Crippen molar-refractivity contribution in [3.05, 3.63) is 69.7 Å². The van der Waals surface area contributed by atoms with Gasteiger partial charge in [-0.2, -0.15) is 0 Å². The van der Waals surface area contributed by atoms with Crippen LogP contribution >= 0.6 is 11.6 Å². The van der Waals surface area contributed by atoms with Crippen LogP contribution in [0, 0.1) is 18.6 Å². The van der Waals surface area contributed by atoms with Gasteiger partial charge in [-0.1, -0.05) is 29.8 Å². The molecule has 0 fully saturated rings. The second-order valence-corrected chi connectivity index (χ2v) is 4.92. The van der Waals surface area contributed by atoms with Gasteiger partial charge in [0.05, 0.1) is 6.10 Å². The van der Waals surface area contributed by atoms with Gasteiger partial charge in [-0.15, -0.1) is 0 Å². The van der Waals surface area contributed by atoms with Gasteiger partial charge < -0.3 is 5.11 Å². The summed E-state index contributed by atoms with van der Waals surface area (Å²) in [6.45, 7) is 1.76. The van der Waals surface area contributed by atoms with E-state index in [-0.39, 0.29) is 17.0 Å². The second-order valence-electron chi connectivity index (χ2n) is 4.48. The van der Waals surface area contributed by atoms with Crippen molar-refractivity contribution in [1.29, 1.82) is 0 Å². The molecule has 2 rings (SSSR count). The molecule has 1 nitrogen and oxygen atoms in total. The van der Waals surface area contributed by atoms with Gasteiger partial charge >= 0.3 is 0 Å². The average Bonchev–Trinajstić information content (AvgIpc) is 2.32. The van der Waals surface area contributed by atoms with Crippen molar-refractivity contribution in [2.75, 3.05) is 0 Å². The van der Waals surface area contributed by atoms with E-state index in [9.17, 15) is 13.9 Å². The number of hydrogen-bond donors (Lipinski definition) is 1. The van der Waals surface area contributed by atoms with E-state index in [1.54, 1.807) is 13.0 Å². The number of halogens is 3. The first-order valence-corrected chi connectivity index (χ1v) is 6.23. The second kappa shape index (κ2) is 5.68. The molecule has 1 N–H and O–H groups in total. The Balaban J connectivity index is 2.23. The lowest BCUT2D eigenvalue weighted by molar-refractivity contribution is 0.172. The van der Waals surface area contributed by atoms with Crippen LogP contribution in [0.15, 0.2) is 36.4 Å². The van der Waals surface area contributed by atoms with Crippen molar-refractivity contribution in [1.82, 2.24) is 0 Å². The maximum absolute atomic E-state index is 13.7. The van der Waals surface area contributed by atoms with Crippen LogP contribution < -0.4 is 0 Å². The third kappa shape index (κ3) is 3.31. The minimum absolute atomic E-state index is 0.00296. The van der Waals surface area contributed by atoms with E-state index in [4.69, 9.17) is 11.6 Å². The van der Waals surface area contributed by atoms with Crippen LogP contribution in [0.4, 0.5) is 8.78 Å². The fraction of sp³-hybridized carbons (Fsp3) is 0.200. The Labute approximate surface area is 115 Å². The third-order valence-corrected chi connectivity index (χ3v) is 3.18. The highest BCUT2D eigenvalue weighted by Crippen LogP contribution is 2.24. The Morgan fingerprint density at radius 1 is 1.11 bits per heavy atom. The summed E-state index contributed by atoms with van der Waals surface area (Å²) >= 11 is 5.65. The molecule has 0 aliphatic heterocycles. The molecule has 2 aromatic carbocycles. The summed E-state index contributed by atoms with van der Waals surface area (Å²) in [5.74, 6) is -0.985. The molecule has 0 aliphatic carbocycles. The van der Waals surface area contributed by atoms with Crippen LogP contribution in [0.3, 0.4) is 0 Å². The van der Waals surface area contributed by atoms with Gasteiger partial charge in [0.1, 0.15) is 11.6 Å². The fourth-order valence-electron chi connectivity index (χ4n) is 1.91. The highest BCUT2D eigenvalue weighted by molar-refractivity contribution is 6.30. The zero-order chi connectivity index (χ0) is 14.0. The molecule has 0 bridgehead atoms. The van der Waals surface area contributed by atoms with Gasteiger partial charge in [0.2, 0.25) is 0 Å². The van der Waals surface area contributed by atoms with E-state index in [0.717, 1.165) is 5.56 Å². The van der Waals surface area contributed by atoms with Gasteiger partial charge in [-0.3, -0.25) is 0 Å². The zero-order valence-corrected chi connectivity index (χ0v) is 11.1. The highest BCUT2D eigenvalue weighted by Gasteiger charge is 2.15. The quantitative estimate of drug-likeness (QED) is 0.894. The summed E-state index contributed by atoms with van der Waals surface area (Å²) in [4.78, 5) is 0. The van der Waals surface area contributed by atoms with E-state index < -0.39 is 17.7 Å². The van der Waals surface area contributed by atoms with Gasteiger partial charge in [0.25, 0.3) is 0 Å². The van der Waals surface area contributed by atoms with Gasteiger partial charge in [0.15, 0.2) is 0 Å². The zero-order valence-electron chi connectivity index (χ0n) is 10.3. The van der Waals surface area contributed by atoms with Crippen molar-refractivity contribution in [2.45, 2.75) is 19.4 Å². The van der Waals surface area contributed by atoms with Crippen molar-refractivity contribution >= 4 is 11.6 Å². The first-order valence-electron chi connectivity index (χ1n) is 5.85. The molecule has 0 saturated carbocycles. The monoisotopic (exact) mass is 282 g/mol. The van der Waals surface area contributed by atoms with Crippen LogP contribution in [0.1, 0.15) is 22.8 Å². The largest absolute Gasteiger partial charge is 0.388 e. The predicted molar refractivity (Wildman–Crippen MR) is 71.2 cm³/mol. The molecule has 4 heteroatoms. The number of hydrogen-bond acceptors (Lipinski definition) is 1. The molecule has 0 spiro atoms. The Kier molecular flexibility index (Phi) is 4.17. The number of rotatable bonds is 3.